The lowest BCUT2D eigenvalue weighted by molar-refractivity contribution is 0.0859. The molecule has 0 bridgehead atoms. The molecule has 4 rings (SSSR count). The second kappa shape index (κ2) is 8.49. The zero-order valence-electron chi connectivity index (χ0n) is 16.6. The maximum absolute atomic E-state index is 13.0. The molecule has 1 unspecified atom stereocenters. The maximum Gasteiger partial charge on any atom is 0.252 e. The van der Waals surface area contributed by atoms with E-state index in [0.29, 0.717) is 29.3 Å². The summed E-state index contributed by atoms with van der Waals surface area (Å²) in [4.78, 5) is 17.7. The molecule has 3 aromatic rings. The molecule has 1 aliphatic heterocycles. The van der Waals surface area contributed by atoms with Gasteiger partial charge >= 0.3 is 0 Å². The molecule has 1 aromatic heterocycles. The van der Waals surface area contributed by atoms with Crippen LogP contribution < -0.4 is 14.8 Å². The van der Waals surface area contributed by atoms with Crippen molar-refractivity contribution in [3.8, 4) is 22.8 Å². The van der Waals surface area contributed by atoms with E-state index in [9.17, 15) is 4.79 Å². The van der Waals surface area contributed by atoms with Gasteiger partial charge in [-0.15, -0.1) is 0 Å². The first kappa shape index (κ1) is 19.2. The monoisotopic (exact) mass is 392 g/mol. The smallest absolute Gasteiger partial charge is 0.252 e. The average molecular weight is 392 g/mol. The van der Waals surface area contributed by atoms with Crippen LogP contribution in [0.2, 0.25) is 0 Å². The number of nitrogens with one attached hydrogen (secondary N) is 1. The van der Waals surface area contributed by atoms with Gasteiger partial charge in [-0.25, -0.2) is 4.98 Å². The fourth-order valence-electron chi connectivity index (χ4n) is 3.61. The SMILES string of the molecule is COc1ccc(-c2cc(C(=O)NCC3CCCO3)c3ccccc3n2)cc1OC. The van der Waals surface area contributed by atoms with Crippen LogP contribution in [0.3, 0.4) is 0 Å². The number of carbonyl (C=O) groups is 1. The lowest BCUT2D eigenvalue weighted by atomic mass is 10.0. The minimum absolute atomic E-state index is 0.0948. The Labute approximate surface area is 169 Å². The molecule has 1 fully saturated rings. The topological polar surface area (TPSA) is 69.7 Å². The first-order valence-corrected chi connectivity index (χ1v) is 9.71. The molecule has 0 radical (unpaired) electrons. The van der Waals surface area contributed by atoms with E-state index in [1.165, 1.54) is 0 Å². The minimum Gasteiger partial charge on any atom is -0.493 e. The van der Waals surface area contributed by atoms with Gasteiger partial charge in [0.2, 0.25) is 0 Å². The Hall–Kier alpha value is -3.12. The summed E-state index contributed by atoms with van der Waals surface area (Å²) in [7, 11) is 3.20. The normalized spacial score (nSPS) is 16.0. The van der Waals surface area contributed by atoms with Gasteiger partial charge in [0.25, 0.3) is 5.91 Å². The Balaban J connectivity index is 1.71. The van der Waals surface area contributed by atoms with Crippen molar-refractivity contribution in [3.05, 3.63) is 54.1 Å². The average Bonchev–Trinajstić information content (AvgIpc) is 3.30. The molecule has 1 saturated heterocycles. The van der Waals surface area contributed by atoms with Crippen molar-refractivity contribution < 1.29 is 19.0 Å². The molecule has 6 heteroatoms. The van der Waals surface area contributed by atoms with Crippen LogP contribution in [-0.4, -0.2) is 44.4 Å². The Morgan fingerprint density at radius 2 is 1.97 bits per heavy atom. The van der Waals surface area contributed by atoms with Gasteiger partial charge in [0.1, 0.15) is 0 Å². The van der Waals surface area contributed by atoms with Crippen LogP contribution in [-0.2, 0) is 4.74 Å². The minimum atomic E-state index is -0.124. The highest BCUT2D eigenvalue weighted by Crippen LogP contribution is 2.33. The highest BCUT2D eigenvalue weighted by Gasteiger charge is 2.19. The van der Waals surface area contributed by atoms with Crippen molar-refractivity contribution in [2.45, 2.75) is 18.9 Å². The van der Waals surface area contributed by atoms with Gasteiger partial charge in [0.05, 0.1) is 37.1 Å². The van der Waals surface area contributed by atoms with E-state index in [4.69, 9.17) is 19.2 Å². The lowest BCUT2D eigenvalue weighted by Gasteiger charge is -2.14. The predicted octanol–water partition coefficient (Wildman–Crippen LogP) is 3.83. The van der Waals surface area contributed by atoms with Crippen molar-refractivity contribution in [3.63, 3.8) is 0 Å². The number of ether oxygens (including phenoxy) is 3. The molecular formula is C23H24N2O4. The first-order valence-electron chi connectivity index (χ1n) is 9.71. The number of hydrogen-bond acceptors (Lipinski definition) is 5. The van der Waals surface area contributed by atoms with Crippen LogP contribution in [0.15, 0.2) is 48.5 Å². The number of fused-ring (bicyclic) bond motifs is 1. The van der Waals surface area contributed by atoms with Crippen LogP contribution >= 0.6 is 0 Å². The number of rotatable bonds is 6. The summed E-state index contributed by atoms with van der Waals surface area (Å²) in [5.41, 5.74) is 2.91. The van der Waals surface area contributed by atoms with E-state index >= 15 is 0 Å². The van der Waals surface area contributed by atoms with Gasteiger partial charge in [-0.3, -0.25) is 4.79 Å². The second-order valence-corrected chi connectivity index (χ2v) is 6.99. The molecular weight excluding hydrogens is 368 g/mol. The number of carbonyl (C=O) groups excluding carboxylic acids is 1. The van der Waals surface area contributed by atoms with E-state index < -0.39 is 0 Å². The number of methoxy groups -OCH3 is 2. The molecule has 0 spiro atoms. The summed E-state index contributed by atoms with van der Waals surface area (Å²) in [6, 6.07) is 15.1. The van der Waals surface area contributed by atoms with Gasteiger partial charge in [0.15, 0.2) is 11.5 Å². The molecule has 2 heterocycles. The van der Waals surface area contributed by atoms with Gasteiger partial charge < -0.3 is 19.5 Å². The first-order chi connectivity index (χ1) is 14.2. The number of benzene rings is 2. The third-order valence-electron chi connectivity index (χ3n) is 5.15. The number of pyridine rings is 1. The van der Waals surface area contributed by atoms with Crippen molar-refractivity contribution in [1.29, 1.82) is 0 Å². The summed E-state index contributed by atoms with van der Waals surface area (Å²) >= 11 is 0. The predicted molar refractivity (Wildman–Crippen MR) is 112 cm³/mol. The van der Waals surface area contributed by atoms with Crippen LogP contribution in [0.4, 0.5) is 0 Å². The Morgan fingerprint density at radius 1 is 1.14 bits per heavy atom. The summed E-state index contributed by atoms with van der Waals surface area (Å²) in [5.74, 6) is 1.14. The molecule has 1 amide bonds. The van der Waals surface area contributed by atoms with Crippen LogP contribution in [0.1, 0.15) is 23.2 Å². The molecule has 150 valence electrons. The molecule has 0 saturated carbocycles. The molecule has 1 N–H and O–H groups in total. The zero-order chi connectivity index (χ0) is 20.2. The largest absolute Gasteiger partial charge is 0.493 e. The summed E-state index contributed by atoms with van der Waals surface area (Å²) in [5, 5.41) is 3.84. The molecule has 1 aliphatic rings. The van der Waals surface area contributed by atoms with Gasteiger partial charge in [-0.1, -0.05) is 18.2 Å². The molecule has 29 heavy (non-hydrogen) atoms. The number of para-hydroxylation sites is 1. The standard InChI is InChI=1S/C23H24N2O4/c1-27-21-10-9-15(12-22(21)28-2)20-13-18(17-7-3-4-8-19(17)25-20)23(26)24-14-16-6-5-11-29-16/h3-4,7-10,12-13,16H,5-6,11,14H2,1-2H3,(H,24,26). The molecule has 6 nitrogen and oxygen atoms in total. The van der Waals surface area contributed by atoms with Crippen molar-refractivity contribution in [2.75, 3.05) is 27.4 Å². The highest BCUT2D eigenvalue weighted by molar-refractivity contribution is 6.07. The van der Waals surface area contributed by atoms with E-state index in [1.54, 1.807) is 14.2 Å². The quantitative estimate of drug-likeness (QED) is 0.690. The van der Waals surface area contributed by atoms with Gasteiger partial charge in [-0.05, 0) is 43.2 Å². The Bertz CT molecular complexity index is 1030. The third-order valence-corrected chi connectivity index (χ3v) is 5.15. The van der Waals surface area contributed by atoms with Crippen molar-refractivity contribution >= 4 is 16.8 Å². The molecule has 2 aromatic carbocycles. The third kappa shape index (κ3) is 4.03. The Morgan fingerprint density at radius 3 is 2.72 bits per heavy atom. The van der Waals surface area contributed by atoms with E-state index in [1.807, 2.05) is 48.5 Å². The van der Waals surface area contributed by atoms with Crippen molar-refractivity contribution in [1.82, 2.24) is 10.3 Å². The van der Waals surface area contributed by atoms with E-state index in [-0.39, 0.29) is 12.0 Å². The maximum atomic E-state index is 13.0. The fourth-order valence-corrected chi connectivity index (χ4v) is 3.61. The highest BCUT2D eigenvalue weighted by atomic mass is 16.5. The number of aromatic nitrogens is 1. The van der Waals surface area contributed by atoms with E-state index in [2.05, 4.69) is 5.32 Å². The van der Waals surface area contributed by atoms with Crippen LogP contribution in [0.25, 0.3) is 22.2 Å². The number of amides is 1. The number of nitrogens with zero attached hydrogens (tertiary/aromatic N) is 1. The zero-order valence-corrected chi connectivity index (χ0v) is 16.6. The number of hydrogen-bond donors (Lipinski definition) is 1. The molecule has 0 aliphatic carbocycles. The van der Waals surface area contributed by atoms with E-state index in [0.717, 1.165) is 35.9 Å². The van der Waals surface area contributed by atoms with Crippen molar-refractivity contribution in [2.24, 2.45) is 0 Å². The van der Waals surface area contributed by atoms with Crippen LogP contribution in [0.5, 0.6) is 11.5 Å². The summed E-state index contributed by atoms with van der Waals surface area (Å²) in [6.45, 7) is 1.28. The molecule has 1 atom stereocenters. The summed E-state index contributed by atoms with van der Waals surface area (Å²) in [6.07, 6.45) is 2.12. The Kier molecular flexibility index (Phi) is 5.62. The second-order valence-electron chi connectivity index (χ2n) is 6.99. The van der Waals surface area contributed by atoms with Gasteiger partial charge in [0, 0.05) is 24.1 Å². The van der Waals surface area contributed by atoms with Crippen LogP contribution in [0, 0.1) is 0 Å². The fraction of sp³-hybridized carbons (Fsp3) is 0.304. The lowest BCUT2D eigenvalue weighted by Crippen LogP contribution is -2.31. The summed E-state index contributed by atoms with van der Waals surface area (Å²) < 4.78 is 16.3. The van der Waals surface area contributed by atoms with Gasteiger partial charge in [-0.2, -0.15) is 0 Å².